The number of carboxylic acid groups (broad SMARTS) is 1. The van der Waals surface area contributed by atoms with Gasteiger partial charge in [-0.25, -0.2) is 4.39 Å². The maximum absolute atomic E-state index is 13.1. The van der Waals surface area contributed by atoms with E-state index in [4.69, 9.17) is 16.3 Å². The van der Waals surface area contributed by atoms with Gasteiger partial charge in [0.05, 0.1) is 6.61 Å². The van der Waals surface area contributed by atoms with Crippen molar-refractivity contribution in [2.24, 2.45) is 11.3 Å². The number of carbonyl (C=O) groups excluding carboxylic acids is 1. The normalized spacial score (nSPS) is 13.8. The molecule has 1 N–H and O–H groups in total. The van der Waals surface area contributed by atoms with Crippen molar-refractivity contribution in [2.45, 2.75) is 27.2 Å². The van der Waals surface area contributed by atoms with Crippen molar-refractivity contribution in [3.63, 3.8) is 0 Å². The lowest BCUT2D eigenvalue weighted by molar-refractivity contribution is -0.172. The highest BCUT2D eigenvalue weighted by Gasteiger charge is 2.50. The van der Waals surface area contributed by atoms with Crippen LogP contribution < -0.4 is 0 Å². The fourth-order valence-electron chi connectivity index (χ4n) is 2.15. The molecule has 1 unspecified atom stereocenters. The van der Waals surface area contributed by atoms with Crippen molar-refractivity contribution >= 4 is 23.5 Å². The standard InChI is InChI=1S/C15H18ClFO4/c1-4-21-14(20)15(9(2)3,13(18)19)8-10-5-6-11(17)7-12(10)16/h5-7,9H,4,8H2,1-3H3,(H,18,19). The van der Waals surface area contributed by atoms with Crippen molar-refractivity contribution in [3.05, 3.63) is 34.6 Å². The maximum atomic E-state index is 13.1. The maximum Gasteiger partial charge on any atom is 0.324 e. The molecule has 1 aromatic carbocycles. The molecule has 0 aliphatic rings. The highest BCUT2D eigenvalue weighted by Crippen LogP contribution is 2.36. The quantitative estimate of drug-likeness (QED) is 0.646. The van der Waals surface area contributed by atoms with Gasteiger partial charge >= 0.3 is 11.9 Å². The predicted molar refractivity (Wildman–Crippen MR) is 76.7 cm³/mol. The summed E-state index contributed by atoms with van der Waals surface area (Å²) in [6.07, 6.45) is -0.155. The zero-order valence-corrected chi connectivity index (χ0v) is 12.9. The Hall–Kier alpha value is -1.62. The zero-order valence-electron chi connectivity index (χ0n) is 12.2. The van der Waals surface area contributed by atoms with Crippen LogP contribution in [0.15, 0.2) is 18.2 Å². The molecule has 1 aromatic rings. The van der Waals surface area contributed by atoms with Gasteiger partial charge in [-0.1, -0.05) is 31.5 Å². The van der Waals surface area contributed by atoms with Crippen LogP contribution in [0.25, 0.3) is 0 Å². The van der Waals surface area contributed by atoms with Crippen molar-refractivity contribution in [1.82, 2.24) is 0 Å². The monoisotopic (exact) mass is 316 g/mol. The van der Waals surface area contributed by atoms with Crippen molar-refractivity contribution in [1.29, 1.82) is 0 Å². The Balaban J connectivity index is 3.30. The summed E-state index contributed by atoms with van der Waals surface area (Å²) in [5.74, 6) is -3.13. The van der Waals surface area contributed by atoms with E-state index in [9.17, 15) is 19.1 Å². The third-order valence-electron chi connectivity index (χ3n) is 3.49. The van der Waals surface area contributed by atoms with E-state index >= 15 is 0 Å². The van der Waals surface area contributed by atoms with E-state index < -0.39 is 29.1 Å². The summed E-state index contributed by atoms with van der Waals surface area (Å²) in [7, 11) is 0. The van der Waals surface area contributed by atoms with Gasteiger partial charge in [0.15, 0.2) is 5.41 Å². The molecule has 4 nitrogen and oxygen atoms in total. The Morgan fingerprint density at radius 3 is 2.48 bits per heavy atom. The van der Waals surface area contributed by atoms with Gasteiger partial charge in [0.2, 0.25) is 0 Å². The molecular weight excluding hydrogens is 299 g/mol. The van der Waals surface area contributed by atoms with Gasteiger partial charge in [0, 0.05) is 11.4 Å². The molecule has 0 aromatic heterocycles. The fourth-order valence-corrected chi connectivity index (χ4v) is 2.38. The number of esters is 1. The summed E-state index contributed by atoms with van der Waals surface area (Å²) in [5.41, 5.74) is -1.36. The Morgan fingerprint density at radius 1 is 1.43 bits per heavy atom. The molecular formula is C15H18ClFO4. The molecule has 0 aliphatic heterocycles. The van der Waals surface area contributed by atoms with E-state index in [1.807, 2.05) is 0 Å². The predicted octanol–water partition coefficient (Wildman–Crippen LogP) is 3.31. The topological polar surface area (TPSA) is 63.6 Å². The molecule has 0 saturated heterocycles. The van der Waals surface area contributed by atoms with Crippen molar-refractivity contribution in [3.8, 4) is 0 Å². The molecule has 21 heavy (non-hydrogen) atoms. The first kappa shape index (κ1) is 17.4. The van der Waals surface area contributed by atoms with Crippen LogP contribution in [0.2, 0.25) is 5.02 Å². The summed E-state index contributed by atoms with van der Waals surface area (Å²) < 4.78 is 18.0. The molecule has 1 atom stereocenters. The van der Waals surface area contributed by atoms with E-state index in [0.717, 1.165) is 6.07 Å². The lowest BCUT2D eigenvalue weighted by atomic mass is 9.72. The summed E-state index contributed by atoms with van der Waals surface area (Å²) in [6, 6.07) is 3.66. The average Bonchev–Trinajstić information content (AvgIpc) is 2.37. The Labute approximate surface area is 127 Å². The highest BCUT2D eigenvalue weighted by molar-refractivity contribution is 6.31. The summed E-state index contributed by atoms with van der Waals surface area (Å²) in [5, 5.41) is 9.67. The first-order chi connectivity index (χ1) is 9.75. The number of hydrogen-bond donors (Lipinski definition) is 1. The van der Waals surface area contributed by atoms with Crippen LogP contribution in [-0.2, 0) is 20.7 Å². The lowest BCUT2D eigenvalue weighted by Crippen LogP contribution is -2.47. The van der Waals surface area contributed by atoms with Crippen LogP contribution in [0.5, 0.6) is 0 Å². The number of benzene rings is 1. The summed E-state index contributed by atoms with van der Waals surface area (Å²) >= 11 is 5.94. The number of carboxylic acids is 1. The SMILES string of the molecule is CCOC(=O)C(Cc1ccc(F)cc1Cl)(C(=O)O)C(C)C. The molecule has 1 rings (SSSR count). The number of aliphatic carboxylic acids is 1. The number of hydrogen-bond acceptors (Lipinski definition) is 3. The molecule has 0 radical (unpaired) electrons. The Bertz CT molecular complexity index is 544. The molecule has 0 fully saturated rings. The Morgan fingerprint density at radius 2 is 2.05 bits per heavy atom. The van der Waals surface area contributed by atoms with E-state index in [0.29, 0.717) is 5.56 Å². The second kappa shape index (κ2) is 6.89. The minimum absolute atomic E-state index is 0.0811. The second-order valence-electron chi connectivity index (χ2n) is 5.06. The molecule has 0 saturated carbocycles. The number of rotatable bonds is 6. The van der Waals surface area contributed by atoms with Crippen LogP contribution in [0.4, 0.5) is 4.39 Å². The zero-order chi connectivity index (χ0) is 16.2. The van der Waals surface area contributed by atoms with Crippen molar-refractivity contribution in [2.75, 3.05) is 6.61 Å². The third-order valence-corrected chi connectivity index (χ3v) is 3.84. The minimum Gasteiger partial charge on any atom is -0.480 e. The van der Waals surface area contributed by atoms with Crippen LogP contribution in [0, 0.1) is 17.2 Å². The van der Waals surface area contributed by atoms with Crippen molar-refractivity contribution < 1.29 is 23.8 Å². The smallest absolute Gasteiger partial charge is 0.324 e. The van der Waals surface area contributed by atoms with Gasteiger partial charge in [-0.15, -0.1) is 0 Å². The van der Waals surface area contributed by atoms with E-state index in [1.54, 1.807) is 20.8 Å². The average molecular weight is 317 g/mol. The van der Waals surface area contributed by atoms with Crippen LogP contribution in [-0.4, -0.2) is 23.7 Å². The molecule has 0 heterocycles. The first-order valence-electron chi connectivity index (χ1n) is 6.60. The molecule has 0 spiro atoms. The number of ether oxygens (including phenoxy) is 1. The van der Waals surface area contributed by atoms with Gasteiger partial charge in [-0.05, 0) is 30.5 Å². The van der Waals surface area contributed by atoms with Gasteiger partial charge in [-0.3, -0.25) is 9.59 Å². The number of halogens is 2. The largest absolute Gasteiger partial charge is 0.480 e. The minimum atomic E-state index is -1.75. The summed E-state index contributed by atoms with van der Waals surface area (Å²) in [4.78, 5) is 24.0. The van der Waals surface area contributed by atoms with Gasteiger partial charge in [0.1, 0.15) is 5.82 Å². The van der Waals surface area contributed by atoms with Gasteiger partial charge < -0.3 is 9.84 Å². The van der Waals surface area contributed by atoms with E-state index in [-0.39, 0.29) is 18.1 Å². The molecule has 0 bridgehead atoms. The first-order valence-corrected chi connectivity index (χ1v) is 6.98. The molecule has 116 valence electrons. The molecule has 6 heteroatoms. The highest BCUT2D eigenvalue weighted by atomic mass is 35.5. The number of carbonyl (C=O) groups is 2. The summed E-state index contributed by atoms with van der Waals surface area (Å²) in [6.45, 7) is 4.94. The van der Waals surface area contributed by atoms with Crippen LogP contribution in [0.1, 0.15) is 26.3 Å². The van der Waals surface area contributed by atoms with E-state index in [2.05, 4.69) is 0 Å². The third kappa shape index (κ3) is 3.53. The van der Waals surface area contributed by atoms with Gasteiger partial charge in [-0.2, -0.15) is 0 Å². The van der Waals surface area contributed by atoms with E-state index in [1.165, 1.54) is 12.1 Å². The lowest BCUT2D eigenvalue weighted by Gasteiger charge is -2.31. The van der Waals surface area contributed by atoms with Crippen LogP contribution >= 0.6 is 11.6 Å². The van der Waals surface area contributed by atoms with Gasteiger partial charge in [0.25, 0.3) is 0 Å². The second-order valence-corrected chi connectivity index (χ2v) is 5.47. The molecule has 0 aliphatic carbocycles. The van der Waals surface area contributed by atoms with Crippen LogP contribution in [0.3, 0.4) is 0 Å². The molecule has 0 amide bonds. The fraction of sp³-hybridized carbons (Fsp3) is 0.467. The Kier molecular flexibility index (Phi) is 5.72.